The fourth-order valence-electron chi connectivity index (χ4n) is 2.74. The number of esters is 2. The van der Waals surface area contributed by atoms with Crippen LogP contribution in [-0.2, 0) is 11.3 Å². The minimum Gasteiger partial charge on any atom is -0.507 e. The van der Waals surface area contributed by atoms with Crippen molar-refractivity contribution in [2.45, 2.75) is 6.61 Å². The van der Waals surface area contributed by atoms with Crippen LogP contribution in [0.25, 0.3) is 0 Å². The van der Waals surface area contributed by atoms with Crippen molar-refractivity contribution in [3.05, 3.63) is 126 Å². The SMILES string of the molecule is O=C(OCc1ccccc1)c1ccccc1O.O=C(Oc1ccccc1)c1ccccc1O. The topological polar surface area (TPSA) is 93.1 Å². The molecule has 33 heavy (non-hydrogen) atoms. The van der Waals surface area contributed by atoms with Crippen molar-refractivity contribution in [2.24, 2.45) is 0 Å². The number of rotatable bonds is 5. The second kappa shape index (κ2) is 11.7. The van der Waals surface area contributed by atoms with Crippen molar-refractivity contribution in [1.82, 2.24) is 0 Å². The van der Waals surface area contributed by atoms with Gasteiger partial charge in [0.25, 0.3) is 0 Å². The molecule has 4 aromatic carbocycles. The molecule has 0 aromatic heterocycles. The van der Waals surface area contributed by atoms with E-state index in [4.69, 9.17) is 9.47 Å². The molecule has 6 heteroatoms. The molecule has 0 heterocycles. The highest BCUT2D eigenvalue weighted by Gasteiger charge is 2.12. The van der Waals surface area contributed by atoms with Crippen molar-refractivity contribution in [2.75, 3.05) is 0 Å². The van der Waals surface area contributed by atoms with Gasteiger partial charge in [-0.3, -0.25) is 0 Å². The monoisotopic (exact) mass is 442 g/mol. The summed E-state index contributed by atoms with van der Waals surface area (Å²) in [5.41, 5.74) is 1.26. The summed E-state index contributed by atoms with van der Waals surface area (Å²) < 4.78 is 10.2. The number of benzene rings is 4. The maximum atomic E-state index is 11.7. The molecule has 4 rings (SSSR count). The molecule has 0 saturated carbocycles. The Morgan fingerprint density at radius 3 is 1.58 bits per heavy atom. The van der Waals surface area contributed by atoms with Gasteiger partial charge in [-0.1, -0.05) is 72.8 Å². The van der Waals surface area contributed by atoms with E-state index in [2.05, 4.69) is 0 Å². The summed E-state index contributed by atoms with van der Waals surface area (Å²) in [6.45, 7) is 0.202. The first-order valence-electron chi connectivity index (χ1n) is 10.1. The van der Waals surface area contributed by atoms with Gasteiger partial charge in [0, 0.05) is 0 Å². The lowest BCUT2D eigenvalue weighted by molar-refractivity contribution is 0.0469. The van der Waals surface area contributed by atoms with Gasteiger partial charge in [0.15, 0.2) is 0 Å². The minimum absolute atomic E-state index is 0.0643. The maximum Gasteiger partial charge on any atom is 0.347 e. The van der Waals surface area contributed by atoms with Gasteiger partial charge in [-0.15, -0.1) is 0 Å². The fraction of sp³-hybridized carbons (Fsp3) is 0.0370. The molecular formula is C27H22O6. The third-order valence-corrected chi connectivity index (χ3v) is 4.41. The molecule has 4 aromatic rings. The number of aromatic hydroxyl groups is 2. The second-order valence-corrected chi connectivity index (χ2v) is 6.80. The predicted molar refractivity (Wildman–Crippen MR) is 123 cm³/mol. The quantitative estimate of drug-likeness (QED) is 0.319. The number of hydrogen-bond donors (Lipinski definition) is 2. The number of phenols is 2. The van der Waals surface area contributed by atoms with Gasteiger partial charge < -0.3 is 19.7 Å². The van der Waals surface area contributed by atoms with E-state index in [1.165, 1.54) is 24.3 Å². The zero-order chi connectivity index (χ0) is 23.5. The largest absolute Gasteiger partial charge is 0.507 e. The van der Waals surface area contributed by atoms with E-state index in [1.54, 1.807) is 48.5 Å². The van der Waals surface area contributed by atoms with E-state index in [9.17, 15) is 19.8 Å². The van der Waals surface area contributed by atoms with E-state index in [0.717, 1.165) is 5.56 Å². The third-order valence-electron chi connectivity index (χ3n) is 4.41. The summed E-state index contributed by atoms with van der Waals surface area (Å²) in [5, 5.41) is 18.9. The molecule has 0 atom stereocenters. The van der Waals surface area contributed by atoms with Gasteiger partial charge in [-0.25, -0.2) is 9.59 Å². The average Bonchev–Trinajstić information content (AvgIpc) is 2.85. The van der Waals surface area contributed by atoms with Crippen LogP contribution in [0, 0.1) is 0 Å². The van der Waals surface area contributed by atoms with Crippen molar-refractivity contribution < 1.29 is 29.3 Å². The second-order valence-electron chi connectivity index (χ2n) is 6.80. The van der Waals surface area contributed by atoms with E-state index in [1.807, 2.05) is 36.4 Å². The first kappa shape index (κ1) is 23.1. The van der Waals surface area contributed by atoms with E-state index in [-0.39, 0.29) is 29.2 Å². The Balaban J connectivity index is 0.000000186. The van der Waals surface area contributed by atoms with Crippen LogP contribution in [0.1, 0.15) is 26.3 Å². The Morgan fingerprint density at radius 1 is 0.576 bits per heavy atom. The van der Waals surface area contributed by atoms with Gasteiger partial charge in [-0.05, 0) is 42.0 Å². The van der Waals surface area contributed by atoms with Crippen molar-refractivity contribution >= 4 is 11.9 Å². The van der Waals surface area contributed by atoms with Crippen LogP contribution >= 0.6 is 0 Å². The number of carbonyl (C=O) groups is 2. The van der Waals surface area contributed by atoms with Crippen LogP contribution in [0.3, 0.4) is 0 Å². The molecular weight excluding hydrogens is 420 g/mol. The van der Waals surface area contributed by atoms with Crippen LogP contribution in [-0.4, -0.2) is 22.2 Å². The lowest BCUT2D eigenvalue weighted by Crippen LogP contribution is -2.08. The molecule has 0 saturated heterocycles. The first-order chi connectivity index (χ1) is 16.0. The Labute approximate surface area is 191 Å². The van der Waals surface area contributed by atoms with E-state index in [0.29, 0.717) is 5.75 Å². The van der Waals surface area contributed by atoms with Gasteiger partial charge in [0.1, 0.15) is 35.0 Å². The van der Waals surface area contributed by atoms with Crippen LogP contribution in [0.4, 0.5) is 0 Å². The summed E-state index contributed by atoms with van der Waals surface area (Å²) >= 11 is 0. The molecule has 0 radical (unpaired) electrons. The molecule has 0 aliphatic heterocycles. The zero-order valence-corrected chi connectivity index (χ0v) is 17.6. The highest BCUT2D eigenvalue weighted by atomic mass is 16.5. The number of para-hydroxylation sites is 3. The summed E-state index contributed by atoms with van der Waals surface area (Å²) in [4.78, 5) is 23.3. The summed E-state index contributed by atoms with van der Waals surface area (Å²) in [7, 11) is 0. The molecule has 0 aliphatic carbocycles. The Hall–Kier alpha value is -4.58. The van der Waals surface area contributed by atoms with Crippen LogP contribution in [0.15, 0.2) is 109 Å². The fourth-order valence-corrected chi connectivity index (χ4v) is 2.74. The number of phenolic OH excluding ortho intramolecular Hbond substituents is 2. The molecule has 0 unspecified atom stereocenters. The number of ether oxygens (including phenoxy) is 2. The maximum absolute atomic E-state index is 11.7. The van der Waals surface area contributed by atoms with Gasteiger partial charge >= 0.3 is 11.9 Å². The summed E-state index contributed by atoms with van der Waals surface area (Å²) in [6, 6.07) is 30.7. The molecule has 0 fully saturated rings. The van der Waals surface area contributed by atoms with Crippen molar-refractivity contribution in [1.29, 1.82) is 0 Å². The van der Waals surface area contributed by atoms with Gasteiger partial charge in [-0.2, -0.15) is 0 Å². The standard InChI is InChI=1S/C14H12O3.C13H10O3/c15-13-9-5-4-8-12(13)14(16)17-10-11-6-2-1-3-7-11;14-12-9-5-4-8-11(12)13(15)16-10-6-2-1-3-7-10/h1-9,15H,10H2;1-9,14H. The molecule has 166 valence electrons. The highest BCUT2D eigenvalue weighted by Crippen LogP contribution is 2.19. The molecule has 0 amide bonds. The van der Waals surface area contributed by atoms with Gasteiger partial charge in [0.05, 0.1) is 0 Å². The van der Waals surface area contributed by atoms with Crippen molar-refractivity contribution in [3.8, 4) is 17.2 Å². The predicted octanol–water partition coefficient (Wildman–Crippen LogP) is 5.36. The molecule has 0 spiro atoms. The Kier molecular flexibility index (Phi) is 8.20. The first-order valence-corrected chi connectivity index (χ1v) is 10.1. The lowest BCUT2D eigenvalue weighted by atomic mass is 10.2. The number of hydrogen-bond acceptors (Lipinski definition) is 6. The van der Waals surface area contributed by atoms with Crippen LogP contribution < -0.4 is 4.74 Å². The van der Waals surface area contributed by atoms with Crippen molar-refractivity contribution in [3.63, 3.8) is 0 Å². The lowest BCUT2D eigenvalue weighted by Gasteiger charge is -2.05. The Morgan fingerprint density at radius 2 is 1.03 bits per heavy atom. The van der Waals surface area contributed by atoms with E-state index < -0.39 is 11.9 Å². The normalized spacial score (nSPS) is 9.82. The molecule has 0 aliphatic rings. The van der Waals surface area contributed by atoms with Gasteiger partial charge in [0.2, 0.25) is 0 Å². The molecule has 2 N–H and O–H groups in total. The highest BCUT2D eigenvalue weighted by molar-refractivity contribution is 5.93. The zero-order valence-electron chi connectivity index (χ0n) is 17.6. The van der Waals surface area contributed by atoms with E-state index >= 15 is 0 Å². The summed E-state index contributed by atoms with van der Waals surface area (Å²) in [6.07, 6.45) is 0. The smallest absolute Gasteiger partial charge is 0.347 e. The van der Waals surface area contributed by atoms with Crippen LogP contribution in [0.2, 0.25) is 0 Å². The third kappa shape index (κ3) is 6.97. The average molecular weight is 442 g/mol. The summed E-state index contributed by atoms with van der Waals surface area (Å²) in [5.74, 6) is -0.777. The molecule has 0 bridgehead atoms. The van der Waals surface area contributed by atoms with Crippen LogP contribution in [0.5, 0.6) is 17.2 Å². The number of carbonyl (C=O) groups excluding carboxylic acids is 2. The molecule has 6 nitrogen and oxygen atoms in total. The minimum atomic E-state index is -0.565. The Bertz CT molecular complexity index is 1190.